The van der Waals surface area contributed by atoms with E-state index in [2.05, 4.69) is 10.2 Å². The number of primary amides is 1. The minimum Gasteiger partial charge on any atom is -0.369 e. The molecule has 0 aromatic rings. The molecule has 2 amide bonds. The number of piperidine rings is 1. The number of likely N-dealkylation sites (tertiary alicyclic amines) is 1. The number of amides is 2. The summed E-state index contributed by atoms with van der Waals surface area (Å²) in [5.74, 6) is -0.345. The smallest absolute Gasteiger partial charge is 0.236 e. The Morgan fingerprint density at radius 3 is 2.84 bits per heavy atom. The first kappa shape index (κ1) is 14.3. The van der Waals surface area contributed by atoms with Gasteiger partial charge >= 0.3 is 0 Å². The molecule has 19 heavy (non-hydrogen) atoms. The highest BCUT2D eigenvalue weighted by molar-refractivity contribution is 5.81. The Labute approximate surface area is 114 Å². The minimum atomic E-state index is -0.286. The first-order valence-electron chi connectivity index (χ1n) is 7.06. The zero-order valence-corrected chi connectivity index (χ0v) is 11.6. The average Bonchev–Trinajstić information content (AvgIpc) is 2.92. The van der Waals surface area contributed by atoms with Gasteiger partial charge in [0.25, 0.3) is 0 Å². The van der Waals surface area contributed by atoms with Gasteiger partial charge in [0.1, 0.15) is 0 Å². The Balaban J connectivity index is 1.83. The van der Waals surface area contributed by atoms with E-state index in [0.717, 1.165) is 38.9 Å². The van der Waals surface area contributed by atoms with Gasteiger partial charge in [-0.2, -0.15) is 0 Å². The third-order valence-corrected chi connectivity index (χ3v) is 4.22. The van der Waals surface area contributed by atoms with E-state index in [9.17, 15) is 9.59 Å². The topological polar surface area (TPSA) is 78.7 Å². The number of rotatable bonds is 4. The zero-order chi connectivity index (χ0) is 13.8. The summed E-state index contributed by atoms with van der Waals surface area (Å²) in [6, 6.07) is 0.445. The molecule has 2 rings (SSSR count). The first-order chi connectivity index (χ1) is 9.08. The number of carbonyl (C=O) groups is 2. The second kappa shape index (κ2) is 6.34. The van der Waals surface area contributed by atoms with Gasteiger partial charge in [-0.05, 0) is 32.9 Å². The molecule has 0 aliphatic carbocycles. The van der Waals surface area contributed by atoms with Crippen LogP contribution in [0.2, 0.25) is 0 Å². The highest BCUT2D eigenvalue weighted by Gasteiger charge is 2.28. The largest absolute Gasteiger partial charge is 0.369 e. The highest BCUT2D eigenvalue weighted by atomic mass is 16.2. The van der Waals surface area contributed by atoms with E-state index < -0.39 is 0 Å². The number of likely N-dealkylation sites (N-methyl/N-ethyl adjacent to an activating group) is 1. The highest BCUT2D eigenvalue weighted by Crippen LogP contribution is 2.16. The Hall–Kier alpha value is -1.14. The van der Waals surface area contributed by atoms with Crippen LogP contribution in [0, 0.1) is 5.92 Å². The van der Waals surface area contributed by atoms with Crippen LogP contribution in [0.15, 0.2) is 0 Å². The molecule has 3 N–H and O–H groups in total. The number of hydrogen-bond donors (Lipinski definition) is 2. The lowest BCUT2D eigenvalue weighted by Crippen LogP contribution is -2.48. The van der Waals surface area contributed by atoms with Gasteiger partial charge in [0.05, 0.1) is 12.5 Å². The van der Waals surface area contributed by atoms with Crippen molar-refractivity contribution >= 4 is 11.8 Å². The second-order valence-electron chi connectivity index (χ2n) is 5.64. The summed E-state index contributed by atoms with van der Waals surface area (Å²) < 4.78 is 0. The van der Waals surface area contributed by atoms with Gasteiger partial charge in [-0.15, -0.1) is 0 Å². The van der Waals surface area contributed by atoms with Gasteiger partial charge in [0, 0.05) is 25.7 Å². The fourth-order valence-corrected chi connectivity index (χ4v) is 2.89. The summed E-state index contributed by atoms with van der Waals surface area (Å²) in [5, 5.41) is 3.30. The third kappa shape index (κ3) is 3.67. The number of hydrogen-bond acceptors (Lipinski definition) is 4. The molecule has 2 aliphatic heterocycles. The fraction of sp³-hybridized carbons (Fsp3) is 0.846. The van der Waals surface area contributed by atoms with Crippen molar-refractivity contribution in [3.8, 4) is 0 Å². The summed E-state index contributed by atoms with van der Waals surface area (Å²) in [6.07, 6.45) is 2.77. The summed E-state index contributed by atoms with van der Waals surface area (Å²) in [5.41, 5.74) is 5.33. The lowest BCUT2D eigenvalue weighted by atomic mass is 9.97. The molecule has 2 atom stereocenters. The predicted octanol–water partition coefficient (Wildman–Crippen LogP) is -0.996. The average molecular weight is 268 g/mol. The fourth-order valence-electron chi connectivity index (χ4n) is 2.89. The van der Waals surface area contributed by atoms with E-state index in [4.69, 9.17) is 5.73 Å². The first-order valence-corrected chi connectivity index (χ1v) is 7.06. The Kier molecular flexibility index (Phi) is 4.76. The summed E-state index contributed by atoms with van der Waals surface area (Å²) in [7, 11) is 1.99. The zero-order valence-electron chi connectivity index (χ0n) is 11.6. The van der Waals surface area contributed by atoms with Crippen molar-refractivity contribution in [1.82, 2.24) is 15.1 Å². The maximum atomic E-state index is 12.2. The van der Waals surface area contributed by atoms with Crippen LogP contribution in [0.4, 0.5) is 0 Å². The number of nitrogens with two attached hydrogens (primary N) is 1. The van der Waals surface area contributed by atoms with Crippen molar-refractivity contribution in [3.05, 3.63) is 0 Å². The quantitative estimate of drug-likeness (QED) is 0.686. The molecule has 6 nitrogen and oxygen atoms in total. The van der Waals surface area contributed by atoms with Gasteiger partial charge < -0.3 is 16.0 Å². The molecule has 0 spiro atoms. The molecule has 0 radical (unpaired) electrons. The molecule has 2 aliphatic rings. The van der Waals surface area contributed by atoms with Gasteiger partial charge in [-0.3, -0.25) is 14.5 Å². The molecule has 108 valence electrons. The molecular weight excluding hydrogens is 244 g/mol. The Morgan fingerprint density at radius 1 is 1.42 bits per heavy atom. The summed E-state index contributed by atoms with van der Waals surface area (Å²) in [4.78, 5) is 27.4. The number of nitrogens with one attached hydrogen (secondary N) is 1. The van der Waals surface area contributed by atoms with Crippen LogP contribution < -0.4 is 11.1 Å². The SMILES string of the molecule is CN(CC(=O)N1CCCC(C(N)=O)C1)C1CCNC1. The molecule has 2 saturated heterocycles. The molecule has 2 unspecified atom stereocenters. The van der Waals surface area contributed by atoms with Gasteiger partial charge in [-0.1, -0.05) is 0 Å². The standard InChI is InChI=1S/C13H24N4O2/c1-16(11-4-5-15-7-11)9-12(18)17-6-2-3-10(8-17)13(14)19/h10-11,15H,2-9H2,1H3,(H2,14,19). The van der Waals surface area contributed by atoms with Gasteiger partial charge in [-0.25, -0.2) is 0 Å². The third-order valence-electron chi connectivity index (χ3n) is 4.22. The van der Waals surface area contributed by atoms with Crippen molar-refractivity contribution in [1.29, 1.82) is 0 Å². The van der Waals surface area contributed by atoms with Crippen LogP contribution in [0.5, 0.6) is 0 Å². The molecule has 0 aromatic heterocycles. The van der Waals surface area contributed by atoms with Crippen LogP contribution in [-0.4, -0.2) is 67.4 Å². The lowest BCUT2D eigenvalue weighted by Gasteiger charge is -2.33. The summed E-state index contributed by atoms with van der Waals surface area (Å²) in [6.45, 7) is 3.65. The summed E-state index contributed by atoms with van der Waals surface area (Å²) >= 11 is 0. The lowest BCUT2D eigenvalue weighted by molar-refractivity contribution is -0.136. The maximum Gasteiger partial charge on any atom is 0.236 e. The van der Waals surface area contributed by atoms with E-state index in [1.165, 1.54) is 0 Å². The molecule has 2 heterocycles. The van der Waals surface area contributed by atoms with Crippen LogP contribution in [0.25, 0.3) is 0 Å². The minimum absolute atomic E-state index is 0.111. The van der Waals surface area contributed by atoms with E-state index in [-0.39, 0.29) is 17.7 Å². The van der Waals surface area contributed by atoms with E-state index >= 15 is 0 Å². The monoisotopic (exact) mass is 268 g/mol. The Bertz CT molecular complexity index is 342. The van der Waals surface area contributed by atoms with Crippen molar-refractivity contribution < 1.29 is 9.59 Å². The molecule has 2 fully saturated rings. The molecule has 0 saturated carbocycles. The number of carbonyl (C=O) groups excluding carboxylic acids is 2. The van der Waals surface area contributed by atoms with Crippen LogP contribution in [-0.2, 0) is 9.59 Å². The predicted molar refractivity (Wildman–Crippen MR) is 72.4 cm³/mol. The maximum absolute atomic E-state index is 12.2. The van der Waals surface area contributed by atoms with Crippen LogP contribution >= 0.6 is 0 Å². The van der Waals surface area contributed by atoms with Gasteiger partial charge in [0.2, 0.25) is 11.8 Å². The van der Waals surface area contributed by atoms with Crippen molar-refractivity contribution in [3.63, 3.8) is 0 Å². The second-order valence-corrected chi connectivity index (χ2v) is 5.64. The number of nitrogens with zero attached hydrogens (tertiary/aromatic N) is 2. The van der Waals surface area contributed by atoms with Crippen LogP contribution in [0.3, 0.4) is 0 Å². The van der Waals surface area contributed by atoms with Crippen LogP contribution in [0.1, 0.15) is 19.3 Å². The normalized spacial score (nSPS) is 27.8. The molecule has 6 heteroatoms. The van der Waals surface area contributed by atoms with E-state index in [1.54, 1.807) is 4.90 Å². The molecule has 0 aromatic carbocycles. The molecule has 0 bridgehead atoms. The van der Waals surface area contributed by atoms with E-state index in [1.807, 2.05) is 7.05 Å². The van der Waals surface area contributed by atoms with Crippen molar-refractivity contribution in [2.24, 2.45) is 11.7 Å². The molecular formula is C13H24N4O2. The Morgan fingerprint density at radius 2 is 2.21 bits per heavy atom. The van der Waals surface area contributed by atoms with Crippen molar-refractivity contribution in [2.45, 2.75) is 25.3 Å². The van der Waals surface area contributed by atoms with Gasteiger partial charge in [0.15, 0.2) is 0 Å². The van der Waals surface area contributed by atoms with Crippen molar-refractivity contribution in [2.75, 3.05) is 39.8 Å². The van der Waals surface area contributed by atoms with E-state index in [0.29, 0.717) is 19.1 Å².